The molecule has 2 aromatic carbocycles. The summed E-state index contributed by atoms with van der Waals surface area (Å²) >= 11 is 7.23. The van der Waals surface area contributed by atoms with Crippen molar-refractivity contribution >= 4 is 46.0 Å². The SMILES string of the molecule is Cc1ccc(Cl)cc1NC(=O)CSc1nc2c(-c3ccccc3)c[nH]c2c(=O)n1C. The van der Waals surface area contributed by atoms with Gasteiger partial charge in [0.25, 0.3) is 5.56 Å². The van der Waals surface area contributed by atoms with Crippen molar-refractivity contribution in [2.45, 2.75) is 12.1 Å². The van der Waals surface area contributed by atoms with Gasteiger partial charge in [0.05, 0.1) is 5.75 Å². The predicted molar refractivity (Wildman–Crippen MR) is 122 cm³/mol. The van der Waals surface area contributed by atoms with Crippen molar-refractivity contribution in [3.8, 4) is 11.1 Å². The van der Waals surface area contributed by atoms with Crippen LogP contribution in [0.15, 0.2) is 64.7 Å². The smallest absolute Gasteiger partial charge is 0.278 e. The molecule has 30 heavy (non-hydrogen) atoms. The molecule has 0 unspecified atom stereocenters. The third kappa shape index (κ3) is 3.99. The molecule has 0 fully saturated rings. The van der Waals surface area contributed by atoms with E-state index in [4.69, 9.17) is 11.6 Å². The monoisotopic (exact) mass is 438 g/mol. The van der Waals surface area contributed by atoms with Gasteiger partial charge in [0, 0.05) is 29.5 Å². The number of aromatic nitrogens is 3. The summed E-state index contributed by atoms with van der Waals surface area (Å²) in [5.41, 5.74) is 4.26. The zero-order chi connectivity index (χ0) is 21.3. The largest absolute Gasteiger partial charge is 0.355 e. The number of halogens is 1. The van der Waals surface area contributed by atoms with Gasteiger partial charge >= 0.3 is 0 Å². The first-order chi connectivity index (χ1) is 14.4. The minimum Gasteiger partial charge on any atom is -0.355 e. The fourth-order valence-corrected chi connectivity index (χ4v) is 4.07. The number of benzene rings is 2. The fraction of sp³-hybridized carbons (Fsp3) is 0.136. The van der Waals surface area contributed by atoms with E-state index in [2.05, 4.69) is 15.3 Å². The number of H-pyrrole nitrogens is 1. The molecule has 8 heteroatoms. The molecule has 0 spiro atoms. The number of carbonyl (C=O) groups is 1. The highest BCUT2D eigenvalue weighted by Gasteiger charge is 2.16. The van der Waals surface area contributed by atoms with Gasteiger partial charge in [-0.25, -0.2) is 4.98 Å². The maximum atomic E-state index is 12.8. The van der Waals surface area contributed by atoms with Crippen molar-refractivity contribution < 1.29 is 4.79 Å². The summed E-state index contributed by atoms with van der Waals surface area (Å²) in [6, 6.07) is 15.1. The number of nitrogens with zero attached hydrogens (tertiary/aromatic N) is 2. The lowest BCUT2D eigenvalue weighted by Crippen LogP contribution is -2.21. The van der Waals surface area contributed by atoms with Gasteiger partial charge in [-0.15, -0.1) is 0 Å². The molecule has 4 rings (SSSR count). The van der Waals surface area contributed by atoms with Crippen molar-refractivity contribution in [3.63, 3.8) is 0 Å². The first-order valence-corrected chi connectivity index (χ1v) is 10.6. The standard InChI is InChI=1S/C22H19ClN4O2S/c1-13-8-9-15(23)10-17(13)25-18(28)12-30-22-26-19-16(14-6-4-3-5-7-14)11-24-20(19)21(29)27(22)2/h3-11,24H,12H2,1-2H3,(H,25,28). The number of thioether (sulfide) groups is 1. The molecule has 0 saturated carbocycles. The summed E-state index contributed by atoms with van der Waals surface area (Å²) in [6.45, 7) is 1.90. The molecule has 1 amide bonds. The van der Waals surface area contributed by atoms with Crippen LogP contribution in [-0.2, 0) is 11.8 Å². The van der Waals surface area contributed by atoms with Gasteiger partial charge in [-0.3, -0.25) is 14.2 Å². The lowest BCUT2D eigenvalue weighted by atomic mass is 10.1. The Labute approximate surface area is 182 Å². The molecule has 2 N–H and O–H groups in total. The van der Waals surface area contributed by atoms with Crippen LogP contribution in [0.25, 0.3) is 22.2 Å². The maximum absolute atomic E-state index is 12.8. The zero-order valence-electron chi connectivity index (χ0n) is 16.4. The van der Waals surface area contributed by atoms with E-state index in [1.807, 2.05) is 43.3 Å². The second kappa shape index (κ2) is 8.38. The van der Waals surface area contributed by atoms with E-state index in [1.165, 1.54) is 16.3 Å². The highest BCUT2D eigenvalue weighted by molar-refractivity contribution is 7.99. The Morgan fingerprint density at radius 3 is 2.77 bits per heavy atom. The summed E-state index contributed by atoms with van der Waals surface area (Å²) < 4.78 is 1.45. The van der Waals surface area contributed by atoms with E-state index in [0.29, 0.717) is 26.9 Å². The predicted octanol–water partition coefficient (Wildman–Crippen LogP) is 4.62. The molecule has 0 aliphatic heterocycles. The summed E-state index contributed by atoms with van der Waals surface area (Å²) in [4.78, 5) is 32.9. The summed E-state index contributed by atoms with van der Waals surface area (Å²) in [7, 11) is 1.65. The molecule has 152 valence electrons. The number of aryl methyl sites for hydroxylation is 1. The lowest BCUT2D eigenvalue weighted by Gasteiger charge is -2.10. The van der Waals surface area contributed by atoms with Crippen LogP contribution < -0.4 is 10.9 Å². The van der Waals surface area contributed by atoms with Crippen LogP contribution in [0.3, 0.4) is 0 Å². The van der Waals surface area contributed by atoms with Crippen LogP contribution in [0.5, 0.6) is 0 Å². The molecule has 6 nitrogen and oxygen atoms in total. The van der Waals surface area contributed by atoms with E-state index in [0.717, 1.165) is 16.7 Å². The van der Waals surface area contributed by atoms with Crippen LogP contribution in [0.1, 0.15) is 5.56 Å². The van der Waals surface area contributed by atoms with Crippen LogP contribution in [-0.4, -0.2) is 26.2 Å². The Kier molecular flexibility index (Phi) is 5.65. The molecule has 2 heterocycles. The van der Waals surface area contributed by atoms with Crippen LogP contribution >= 0.6 is 23.4 Å². The minimum atomic E-state index is -0.197. The van der Waals surface area contributed by atoms with E-state index < -0.39 is 0 Å². The maximum Gasteiger partial charge on any atom is 0.278 e. The number of nitrogens with one attached hydrogen (secondary N) is 2. The molecular formula is C22H19ClN4O2S. The summed E-state index contributed by atoms with van der Waals surface area (Å²) in [5, 5.41) is 3.89. The number of carbonyl (C=O) groups excluding carboxylic acids is 1. The van der Waals surface area contributed by atoms with Gasteiger partial charge in [-0.05, 0) is 30.2 Å². The Bertz CT molecular complexity index is 1300. The van der Waals surface area contributed by atoms with Gasteiger partial charge in [0.1, 0.15) is 11.0 Å². The topological polar surface area (TPSA) is 79.8 Å². The quantitative estimate of drug-likeness (QED) is 0.352. The van der Waals surface area contributed by atoms with E-state index in [-0.39, 0.29) is 17.2 Å². The number of rotatable bonds is 5. The first-order valence-electron chi connectivity index (χ1n) is 9.26. The normalized spacial score (nSPS) is 11.0. The highest BCUT2D eigenvalue weighted by atomic mass is 35.5. The van der Waals surface area contributed by atoms with Gasteiger partial charge < -0.3 is 10.3 Å². The third-order valence-corrected chi connectivity index (χ3v) is 6.02. The molecular weight excluding hydrogens is 420 g/mol. The van der Waals surface area contributed by atoms with Crippen molar-refractivity contribution in [1.82, 2.24) is 14.5 Å². The minimum absolute atomic E-state index is 0.114. The highest BCUT2D eigenvalue weighted by Crippen LogP contribution is 2.27. The Morgan fingerprint density at radius 1 is 1.23 bits per heavy atom. The second-order valence-electron chi connectivity index (χ2n) is 6.85. The van der Waals surface area contributed by atoms with E-state index in [1.54, 1.807) is 25.4 Å². The molecule has 0 radical (unpaired) electrons. The van der Waals surface area contributed by atoms with Crippen LogP contribution in [0.4, 0.5) is 5.69 Å². The van der Waals surface area contributed by atoms with Gasteiger partial charge in [-0.2, -0.15) is 0 Å². The van der Waals surface area contributed by atoms with Gasteiger partial charge in [0.2, 0.25) is 5.91 Å². The fourth-order valence-electron chi connectivity index (χ4n) is 3.13. The average Bonchev–Trinajstić information content (AvgIpc) is 3.17. The first kappa shape index (κ1) is 20.3. The van der Waals surface area contributed by atoms with Crippen molar-refractivity contribution in [2.75, 3.05) is 11.1 Å². The number of aromatic amines is 1. The van der Waals surface area contributed by atoms with Crippen molar-refractivity contribution in [2.24, 2.45) is 7.05 Å². The molecule has 0 saturated heterocycles. The molecule has 0 bridgehead atoms. The Morgan fingerprint density at radius 2 is 2.00 bits per heavy atom. The van der Waals surface area contributed by atoms with Crippen LogP contribution in [0.2, 0.25) is 5.02 Å². The van der Waals surface area contributed by atoms with Gasteiger partial charge in [0.15, 0.2) is 5.16 Å². The number of anilines is 1. The average molecular weight is 439 g/mol. The molecule has 4 aromatic rings. The van der Waals surface area contributed by atoms with Crippen LogP contribution in [0, 0.1) is 6.92 Å². The number of amides is 1. The van der Waals surface area contributed by atoms with Gasteiger partial charge in [-0.1, -0.05) is 59.8 Å². The molecule has 0 atom stereocenters. The number of hydrogen-bond donors (Lipinski definition) is 2. The van der Waals surface area contributed by atoms with Crippen molar-refractivity contribution in [1.29, 1.82) is 0 Å². The third-order valence-electron chi connectivity index (χ3n) is 4.76. The summed E-state index contributed by atoms with van der Waals surface area (Å²) in [6.07, 6.45) is 1.79. The summed E-state index contributed by atoms with van der Waals surface area (Å²) in [5.74, 6) is -0.0832. The molecule has 0 aliphatic carbocycles. The van der Waals surface area contributed by atoms with E-state index >= 15 is 0 Å². The van der Waals surface area contributed by atoms with Crippen molar-refractivity contribution in [3.05, 3.63) is 75.7 Å². The Balaban J connectivity index is 1.59. The second-order valence-corrected chi connectivity index (χ2v) is 8.23. The zero-order valence-corrected chi connectivity index (χ0v) is 18.0. The lowest BCUT2D eigenvalue weighted by molar-refractivity contribution is -0.113. The number of hydrogen-bond acceptors (Lipinski definition) is 4. The van der Waals surface area contributed by atoms with E-state index in [9.17, 15) is 9.59 Å². The number of fused-ring (bicyclic) bond motifs is 1. The molecule has 0 aliphatic rings. The molecule has 2 aromatic heterocycles. The Hall–Kier alpha value is -3.03.